The van der Waals surface area contributed by atoms with Crippen LogP contribution >= 0.6 is 0 Å². The van der Waals surface area contributed by atoms with E-state index >= 15 is 0 Å². The lowest BCUT2D eigenvalue weighted by Gasteiger charge is -2.22. The summed E-state index contributed by atoms with van der Waals surface area (Å²) in [5, 5.41) is 5.90. The number of hydrogen-bond donors (Lipinski definition) is 2. The van der Waals surface area contributed by atoms with E-state index in [0.717, 1.165) is 25.7 Å². The second-order valence-corrected chi connectivity index (χ2v) is 6.91. The van der Waals surface area contributed by atoms with Gasteiger partial charge in [0.2, 0.25) is 0 Å². The standard InChI is InChI=1S/C22H26N2O4/c1-27-18-12-13-20(28-2)19(14-18)24-22(26)16-10-8-15(9-11-16)21(25)23-17-6-4-3-5-7-17/h8-14,17H,3-7H2,1-2H3,(H,23,25)(H,24,26). The van der Waals surface area contributed by atoms with Gasteiger partial charge in [0.1, 0.15) is 11.5 Å². The Hall–Kier alpha value is -3.02. The first-order valence-corrected chi connectivity index (χ1v) is 9.55. The Morgan fingerprint density at radius 2 is 1.50 bits per heavy atom. The molecule has 3 rings (SSSR count). The summed E-state index contributed by atoms with van der Waals surface area (Å²) in [6.45, 7) is 0. The van der Waals surface area contributed by atoms with Crippen molar-refractivity contribution in [2.45, 2.75) is 38.1 Å². The molecule has 0 heterocycles. The molecule has 148 valence electrons. The minimum absolute atomic E-state index is 0.0895. The quantitative estimate of drug-likeness (QED) is 0.791. The molecule has 0 radical (unpaired) electrons. The van der Waals surface area contributed by atoms with Crippen LogP contribution in [-0.2, 0) is 0 Å². The Morgan fingerprint density at radius 1 is 0.857 bits per heavy atom. The summed E-state index contributed by atoms with van der Waals surface area (Å²) in [6.07, 6.45) is 5.65. The van der Waals surface area contributed by atoms with Crippen LogP contribution in [-0.4, -0.2) is 32.1 Å². The lowest BCUT2D eigenvalue weighted by molar-refractivity contribution is 0.0926. The summed E-state index contributed by atoms with van der Waals surface area (Å²) < 4.78 is 10.5. The van der Waals surface area contributed by atoms with Crippen LogP contribution < -0.4 is 20.1 Å². The molecular weight excluding hydrogens is 356 g/mol. The average molecular weight is 382 g/mol. The van der Waals surface area contributed by atoms with Crippen LogP contribution in [0.2, 0.25) is 0 Å². The Labute approximate surface area is 165 Å². The number of carbonyl (C=O) groups excluding carboxylic acids is 2. The molecule has 1 aliphatic carbocycles. The molecule has 2 aromatic carbocycles. The predicted octanol–water partition coefficient (Wildman–Crippen LogP) is 4.02. The zero-order valence-corrected chi connectivity index (χ0v) is 16.3. The molecule has 0 aromatic heterocycles. The van der Waals surface area contributed by atoms with E-state index in [2.05, 4.69) is 10.6 Å². The molecule has 2 amide bonds. The van der Waals surface area contributed by atoms with Crippen molar-refractivity contribution >= 4 is 17.5 Å². The van der Waals surface area contributed by atoms with Gasteiger partial charge >= 0.3 is 0 Å². The number of nitrogens with one attached hydrogen (secondary N) is 2. The van der Waals surface area contributed by atoms with E-state index in [1.165, 1.54) is 13.5 Å². The molecule has 1 saturated carbocycles. The van der Waals surface area contributed by atoms with Crippen LogP contribution in [0.25, 0.3) is 0 Å². The first-order chi connectivity index (χ1) is 13.6. The topological polar surface area (TPSA) is 76.7 Å². The van der Waals surface area contributed by atoms with Crippen molar-refractivity contribution in [3.05, 3.63) is 53.6 Å². The lowest BCUT2D eigenvalue weighted by atomic mass is 9.95. The van der Waals surface area contributed by atoms with Gasteiger partial charge in [0.15, 0.2) is 0 Å². The molecule has 6 nitrogen and oxygen atoms in total. The summed E-state index contributed by atoms with van der Waals surface area (Å²) >= 11 is 0. The fourth-order valence-corrected chi connectivity index (χ4v) is 3.39. The Bertz CT molecular complexity index is 827. The normalized spacial score (nSPS) is 14.2. The van der Waals surface area contributed by atoms with Gasteiger partial charge in [0, 0.05) is 23.2 Å². The van der Waals surface area contributed by atoms with Crippen LogP contribution in [0.3, 0.4) is 0 Å². The molecule has 1 aliphatic rings. The van der Waals surface area contributed by atoms with Crippen molar-refractivity contribution in [1.82, 2.24) is 5.32 Å². The second kappa shape index (κ2) is 9.26. The molecular formula is C22H26N2O4. The fraction of sp³-hybridized carbons (Fsp3) is 0.364. The molecule has 6 heteroatoms. The highest BCUT2D eigenvalue weighted by atomic mass is 16.5. The van der Waals surface area contributed by atoms with Crippen molar-refractivity contribution in [2.24, 2.45) is 0 Å². The van der Waals surface area contributed by atoms with Gasteiger partial charge in [-0.1, -0.05) is 19.3 Å². The molecule has 0 spiro atoms. The van der Waals surface area contributed by atoms with Gasteiger partial charge in [-0.2, -0.15) is 0 Å². The van der Waals surface area contributed by atoms with Crippen molar-refractivity contribution in [3.8, 4) is 11.5 Å². The molecule has 0 aliphatic heterocycles. The van der Waals surface area contributed by atoms with Crippen molar-refractivity contribution < 1.29 is 19.1 Å². The maximum atomic E-state index is 12.6. The van der Waals surface area contributed by atoms with Gasteiger partial charge in [0.25, 0.3) is 11.8 Å². The fourth-order valence-electron chi connectivity index (χ4n) is 3.39. The largest absolute Gasteiger partial charge is 0.497 e. The highest BCUT2D eigenvalue weighted by Gasteiger charge is 2.17. The third-order valence-electron chi connectivity index (χ3n) is 5.00. The van der Waals surface area contributed by atoms with Gasteiger partial charge in [-0.15, -0.1) is 0 Å². The number of amides is 2. The van der Waals surface area contributed by atoms with Crippen LogP contribution in [0.4, 0.5) is 5.69 Å². The van der Waals surface area contributed by atoms with Crippen molar-refractivity contribution in [3.63, 3.8) is 0 Å². The molecule has 0 atom stereocenters. The van der Waals surface area contributed by atoms with E-state index in [9.17, 15) is 9.59 Å². The maximum absolute atomic E-state index is 12.6. The number of benzene rings is 2. The molecule has 0 bridgehead atoms. The predicted molar refractivity (Wildman–Crippen MR) is 108 cm³/mol. The van der Waals surface area contributed by atoms with Gasteiger partial charge in [-0.25, -0.2) is 0 Å². The monoisotopic (exact) mass is 382 g/mol. The number of hydrogen-bond acceptors (Lipinski definition) is 4. The van der Waals surface area contributed by atoms with Crippen LogP contribution in [0.5, 0.6) is 11.5 Å². The number of carbonyl (C=O) groups is 2. The van der Waals surface area contributed by atoms with E-state index in [1.54, 1.807) is 49.6 Å². The molecule has 0 unspecified atom stereocenters. The number of anilines is 1. The van der Waals surface area contributed by atoms with Crippen LogP contribution in [0, 0.1) is 0 Å². The van der Waals surface area contributed by atoms with E-state index in [4.69, 9.17) is 9.47 Å². The first-order valence-electron chi connectivity index (χ1n) is 9.55. The lowest BCUT2D eigenvalue weighted by Crippen LogP contribution is -2.36. The number of rotatable bonds is 6. The van der Waals surface area contributed by atoms with Crippen LogP contribution in [0.1, 0.15) is 52.8 Å². The minimum Gasteiger partial charge on any atom is -0.497 e. The zero-order valence-electron chi connectivity index (χ0n) is 16.3. The summed E-state index contributed by atoms with van der Waals surface area (Å²) in [6, 6.07) is 12.1. The summed E-state index contributed by atoms with van der Waals surface area (Å²) in [5.74, 6) is 0.780. The highest BCUT2D eigenvalue weighted by Crippen LogP contribution is 2.29. The van der Waals surface area contributed by atoms with Gasteiger partial charge in [-0.3, -0.25) is 9.59 Å². The molecule has 1 fully saturated rings. The van der Waals surface area contributed by atoms with E-state index in [-0.39, 0.29) is 17.9 Å². The van der Waals surface area contributed by atoms with E-state index in [1.807, 2.05) is 0 Å². The van der Waals surface area contributed by atoms with Crippen LogP contribution in [0.15, 0.2) is 42.5 Å². The zero-order chi connectivity index (χ0) is 19.9. The van der Waals surface area contributed by atoms with Gasteiger partial charge in [-0.05, 0) is 49.2 Å². The molecule has 2 N–H and O–H groups in total. The smallest absolute Gasteiger partial charge is 0.255 e. The van der Waals surface area contributed by atoms with Gasteiger partial charge < -0.3 is 20.1 Å². The highest BCUT2D eigenvalue weighted by molar-refractivity contribution is 6.05. The number of ether oxygens (including phenoxy) is 2. The molecule has 0 saturated heterocycles. The Morgan fingerprint density at radius 3 is 2.11 bits per heavy atom. The third kappa shape index (κ3) is 4.82. The molecule has 28 heavy (non-hydrogen) atoms. The van der Waals surface area contributed by atoms with Crippen molar-refractivity contribution in [1.29, 1.82) is 0 Å². The summed E-state index contributed by atoms with van der Waals surface area (Å²) in [5.41, 5.74) is 1.53. The van der Waals surface area contributed by atoms with E-state index in [0.29, 0.717) is 28.3 Å². The first kappa shape index (κ1) is 19.7. The average Bonchev–Trinajstić information content (AvgIpc) is 2.74. The Balaban J connectivity index is 1.66. The summed E-state index contributed by atoms with van der Waals surface area (Å²) in [7, 11) is 3.10. The minimum atomic E-state index is -0.286. The maximum Gasteiger partial charge on any atom is 0.255 e. The van der Waals surface area contributed by atoms with E-state index < -0.39 is 0 Å². The number of methoxy groups -OCH3 is 2. The van der Waals surface area contributed by atoms with Gasteiger partial charge in [0.05, 0.1) is 19.9 Å². The summed E-state index contributed by atoms with van der Waals surface area (Å²) in [4.78, 5) is 25.0. The van der Waals surface area contributed by atoms with Crippen molar-refractivity contribution in [2.75, 3.05) is 19.5 Å². The third-order valence-corrected chi connectivity index (χ3v) is 5.00. The molecule has 2 aromatic rings. The SMILES string of the molecule is COc1ccc(OC)c(NC(=O)c2ccc(C(=O)NC3CCCCC3)cc2)c1. The second-order valence-electron chi connectivity index (χ2n) is 6.91. The Kier molecular flexibility index (Phi) is 6.53.